The maximum Gasteiger partial charge on any atom is 0.418 e. The van der Waals surface area contributed by atoms with Gasteiger partial charge in [-0.25, -0.2) is 0 Å². The molecule has 0 aliphatic rings. The fourth-order valence-corrected chi connectivity index (χ4v) is 1.19. The fraction of sp³-hybridized carbons (Fsp3) is 0.300. The normalized spacial score (nSPS) is 10.9. The molecule has 15 heavy (non-hydrogen) atoms. The van der Waals surface area contributed by atoms with Crippen LogP contribution in [0, 0.1) is 11.3 Å². The van der Waals surface area contributed by atoms with Crippen molar-refractivity contribution in [3.05, 3.63) is 29.3 Å². The molecule has 1 rings (SSSR count). The minimum absolute atomic E-state index is 0.00368. The Bertz CT molecular complexity index is 391. The van der Waals surface area contributed by atoms with Gasteiger partial charge in [0.1, 0.15) is 0 Å². The number of benzene rings is 1. The molecule has 0 unspecified atom stereocenters. The van der Waals surface area contributed by atoms with E-state index in [2.05, 4.69) is 5.32 Å². The Balaban J connectivity index is 3.24. The van der Waals surface area contributed by atoms with Crippen molar-refractivity contribution in [2.45, 2.75) is 13.1 Å². The first-order chi connectivity index (χ1) is 6.99. The van der Waals surface area contributed by atoms with Crippen LogP contribution in [0.5, 0.6) is 0 Å². The third-order valence-corrected chi connectivity index (χ3v) is 1.82. The summed E-state index contributed by atoms with van der Waals surface area (Å²) in [7, 11) is 0. The average Bonchev–Trinajstić information content (AvgIpc) is 2.17. The molecule has 0 saturated heterocycles. The van der Waals surface area contributed by atoms with E-state index in [1.807, 2.05) is 0 Å². The first kappa shape index (κ1) is 11.4. The van der Waals surface area contributed by atoms with E-state index in [9.17, 15) is 13.2 Å². The molecule has 2 nitrogen and oxygen atoms in total. The summed E-state index contributed by atoms with van der Waals surface area (Å²) < 4.78 is 37.6. The van der Waals surface area contributed by atoms with E-state index in [4.69, 9.17) is 5.26 Å². The van der Waals surface area contributed by atoms with Crippen LogP contribution < -0.4 is 5.32 Å². The topological polar surface area (TPSA) is 35.8 Å². The van der Waals surface area contributed by atoms with Crippen molar-refractivity contribution in [3.8, 4) is 6.07 Å². The lowest BCUT2D eigenvalue weighted by Gasteiger charge is -2.13. The molecule has 0 aliphatic heterocycles. The van der Waals surface area contributed by atoms with Crippen molar-refractivity contribution in [3.63, 3.8) is 0 Å². The van der Waals surface area contributed by atoms with Crippen LogP contribution in [0.2, 0.25) is 0 Å². The van der Waals surface area contributed by atoms with E-state index in [0.29, 0.717) is 6.54 Å². The largest absolute Gasteiger partial charge is 0.418 e. The molecule has 0 saturated carbocycles. The van der Waals surface area contributed by atoms with Gasteiger partial charge in [0.15, 0.2) is 0 Å². The molecule has 0 aliphatic carbocycles. The van der Waals surface area contributed by atoms with Gasteiger partial charge in [-0.15, -0.1) is 0 Å². The van der Waals surface area contributed by atoms with Gasteiger partial charge in [-0.2, -0.15) is 18.4 Å². The number of hydrogen-bond donors (Lipinski definition) is 1. The van der Waals surface area contributed by atoms with Crippen molar-refractivity contribution < 1.29 is 13.2 Å². The minimum Gasteiger partial charge on any atom is -0.385 e. The molecule has 1 aromatic carbocycles. The Labute approximate surface area is 85.3 Å². The second kappa shape index (κ2) is 4.22. The van der Waals surface area contributed by atoms with Gasteiger partial charge in [-0.05, 0) is 25.1 Å². The number of nitriles is 1. The quantitative estimate of drug-likeness (QED) is 0.821. The number of alkyl halides is 3. The van der Waals surface area contributed by atoms with E-state index >= 15 is 0 Å². The monoisotopic (exact) mass is 214 g/mol. The molecule has 0 atom stereocenters. The van der Waals surface area contributed by atoms with E-state index in [-0.39, 0.29) is 11.3 Å². The molecule has 1 aromatic rings. The molecule has 0 amide bonds. The minimum atomic E-state index is -4.44. The smallest absolute Gasteiger partial charge is 0.385 e. The number of nitrogens with one attached hydrogen (secondary N) is 1. The third kappa shape index (κ3) is 2.62. The van der Waals surface area contributed by atoms with E-state index in [0.717, 1.165) is 6.07 Å². The predicted molar refractivity (Wildman–Crippen MR) is 50.3 cm³/mol. The number of hydrogen-bond acceptors (Lipinski definition) is 2. The highest BCUT2D eigenvalue weighted by Gasteiger charge is 2.33. The Hall–Kier alpha value is -1.70. The van der Waals surface area contributed by atoms with Crippen LogP contribution >= 0.6 is 0 Å². The molecular formula is C10H9F3N2. The average molecular weight is 214 g/mol. The van der Waals surface area contributed by atoms with Crippen LogP contribution in [-0.2, 0) is 6.18 Å². The Kier molecular flexibility index (Phi) is 3.20. The van der Waals surface area contributed by atoms with Crippen LogP contribution in [0.25, 0.3) is 0 Å². The lowest BCUT2D eigenvalue weighted by atomic mass is 10.1. The van der Waals surface area contributed by atoms with E-state index in [1.165, 1.54) is 12.1 Å². The third-order valence-electron chi connectivity index (χ3n) is 1.82. The van der Waals surface area contributed by atoms with Crippen molar-refractivity contribution in [1.82, 2.24) is 0 Å². The Morgan fingerprint density at radius 3 is 2.53 bits per heavy atom. The van der Waals surface area contributed by atoms with E-state index < -0.39 is 11.7 Å². The van der Waals surface area contributed by atoms with Crippen LogP contribution in [0.15, 0.2) is 18.2 Å². The number of nitrogens with zero attached hydrogens (tertiary/aromatic N) is 1. The zero-order valence-electron chi connectivity index (χ0n) is 8.02. The lowest BCUT2D eigenvalue weighted by Crippen LogP contribution is -2.10. The Morgan fingerprint density at radius 2 is 2.07 bits per heavy atom. The SMILES string of the molecule is CCNc1ccc(C#N)cc1C(F)(F)F. The zero-order chi connectivity index (χ0) is 11.5. The summed E-state index contributed by atoms with van der Waals surface area (Å²) in [5.41, 5.74) is -0.795. The van der Waals surface area contributed by atoms with Gasteiger partial charge in [0.05, 0.1) is 17.2 Å². The van der Waals surface area contributed by atoms with Crippen LogP contribution in [0.1, 0.15) is 18.1 Å². The molecule has 0 bridgehead atoms. The molecule has 0 fully saturated rings. The van der Waals surface area contributed by atoms with Crippen molar-refractivity contribution in [2.75, 3.05) is 11.9 Å². The van der Waals surface area contributed by atoms with Crippen molar-refractivity contribution in [2.24, 2.45) is 0 Å². The summed E-state index contributed by atoms with van der Waals surface area (Å²) in [5, 5.41) is 11.1. The van der Waals surface area contributed by atoms with Gasteiger partial charge in [0.25, 0.3) is 0 Å². The van der Waals surface area contributed by atoms with Crippen molar-refractivity contribution in [1.29, 1.82) is 5.26 Å². The van der Waals surface area contributed by atoms with Gasteiger partial charge in [0, 0.05) is 12.2 Å². The first-order valence-corrected chi connectivity index (χ1v) is 4.34. The fourth-order valence-electron chi connectivity index (χ4n) is 1.19. The Morgan fingerprint density at radius 1 is 1.40 bits per heavy atom. The summed E-state index contributed by atoms with van der Waals surface area (Å²) in [4.78, 5) is 0. The molecule has 0 heterocycles. The molecule has 0 radical (unpaired) electrons. The highest BCUT2D eigenvalue weighted by molar-refractivity contribution is 5.56. The standard InChI is InChI=1S/C10H9F3N2/c1-2-15-9-4-3-7(6-14)5-8(9)10(11,12)13/h3-5,15H,2H2,1H3. The lowest BCUT2D eigenvalue weighted by molar-refractivity contribution is -0.137. The summed E-state index contributed by atoms with van der Waals surface area (Å²) in [6.07, 6.45) is -4.44. The summed E-state index contributed by atoms with van der Waals surface area (Å²) in [5.74, 6) is 0. The highest BCUT2D eigenvalue weighted by Crippen LogP contribution is 2.35. The maximum absolute atomic E-state index is 12.5. The molecule has 0 aromatic heterocycles. The molecule has 0 spiro atoms. The first-order valence-electron chi connectivity index (χ1n) is 4.34. The van der Waals surface area contributed by atoms with Gasteiger partial charge >= 0.3 is 6.18 Å². The maximum atomic E-state index is 12.5. The number of halogens is 3. The molecule has 5 heteroatoms. The predicted octanol–water partition coefficient (Wildman–Crippen LogP) is 3.01. The van der Waals surface area contributed by atoms with Gasteiger partial charge in [-0.1, -0.05) is 0 Å². The second-order valence-corrected chi connectivity index (χ2v) is 2.90. The summed E-state index contributed by atoms with van der Waals surface area (Å²) >= 11 is 0. The number of rotatable bonds is 2. The van der Waals surface area contributed by atoms with Gasteiger partial charge in [0.2, 0.25) is 0 Å². The second-order valence-electron chi connectivity index (χ2n) is 2.90. The molecule has 1 N–H and O–H groups in total. The van der Waals surface area contributed by atoms with Crippen LogP contribution in [0.3, 0.4) is 0 Å². The van der Waals surface area contributed by atoms with Gasteiger partial charge < -0.3 is 5.32 Å². The number of anilines is 1. The van der Waals surface area contributed by atoms with Gasteiger partial charge in [-0.3, -0.25) is 0 Å². The van der Waals surface area contributed by atoms with Crippen LogP contribution in [0.4, 0.5) is 18.9 Å². The summed E-state index contributed by atoms with van der Waals surface area (Å²) in [6, 6.07) is 5.15. The summed E-state index contributed by atoms with van der Waals surface area (Å²) in [6.45, 7) is 2.10. The molecule has 80 valence electrons. The highest BCUT2D eigenvalue weighted by atomic mass is 19.4. The van der Waals surface area contributed by atoms with Crippen molar-refractivity contribution >= 4 is 5.69 Å². The van der Waals surface area contributed by atoms with Crippen LogP contribution in [-0.4, -0.2) is 6.54 Å². The van der Waals surface area contributed by atoms with E-state index in [1.54, 1.807) is 13.0 Å². The molecular weight excluding hydrogens is 205 g/mol. The zero-order valence-corrected chi connectivity index (χ0v) is 8.02.